The summed E-state index contributed by atoms with van der Waals surface area (Å²) in [6.07, 6.45) is 3.03. The molecule has 28 heavy (non-hydrogen) atoms. The maximum atomic E-state index is 12.8. The second-order valence-electron chi connectivity index (χ2n) is 8.88. The van der Waals surface area contributed by atoms with Gasteiger partial charge >= 0.3 is 5.97 Å². The molecule has 0 saturated carbocycles. The summed E-state index contributed by atoms with van der Waals surface area (Å²) in [7, 11) is -3.90. The number of benzene rings is 1. The van der Waals surface area contributed by atoms with Crippen molar-refractivity contribution >= 4 is 16.0 Å². The van der Waals surface area contributed by atoms with Gasteiger partial charge in [-0.05, 0) is 72.1 Å². The molecule has 0 saturated heterocycles. The highest BCUT2D eigenvalue weighted by molar-refractivity contribution is 7.89. The van der Waals surface area contributed by atoms with Crippen LogP contribution in [0.25, 0.3) is 0 Å². The van der Waals surface area contributed by atoms with Crippen LogP contribution < -0.4 is 4.72 Å². The number of ether oxygens (including phenoxy) is 2. The first kappa shape index (κ1) is 24.6. The molecule has 0 amide bonds. The second kappa shape index (κ2) is 9.85. The fourth-order valence-electron chi connectivity index (χ4n) is 2.33. The third-order valence-electron chi connectivity index (χ3n) is 3.72. The normalized spacial score (nSPS) is 14.0. The highest BCUT2D eigenvalue weighted by atomic mass is 32.2. The van der Waals surface area contributed by atoms with Crippen molar-refractivity contribution in [2.24, 2.45) is 0 Å². The number of hydrogen-bond acceptors (Lipinski definition) is 5. The van der Waals surface area contributed by atoms with Crippen molar-refractivity contribution < 1.29 is 22.7 Å². The fraction of sp³-hybridized carbons (Fsp3) is 0.667. The quantitative estimate of drug-likeness (QED) is 0.622. The van der Waals surface area contributed by atoms with Crippen LogP contribution in [0.1, 0.15) is 66.9 Å². The Labute approximate surface area is 170 Å². The summed E-state index contributed by atoms with van der Waals surface area (Å²) >= 11 is 0. The van der Waals surface area contributed by atoms with Crippen LogP contribution in [-0.4, -0.2) is 38.2 Å². The standard InChI is InChI=1S/C21H35NO5S/c1-8-9-10-16-11-13-17(14-12-16)28(24,25)22-18(15-26-20(2,3)4)19(23)27-21(5,6)7/h11-14,18,22H,8-10,15H2,1-7H3. The SMILES string of the molecule is CCCCc1ccc(S(=O)(=O)NC(COC(C)(C)C)C(=O)OC(C)(C)C)cc1. The average Bonchev–Trinajstić information content (AvgIpc) is 2.54. The van der Waals surface area contributed by atoms with Crippen molar-refractivity contribution in [2.75, 3.05) is 6.61 Å². The second-order valence-corrected chi connectivity index (χ2v) is 10.6. The minimum atomic E-state index is -3.90. The van der Waals surface area contributed by atoms with Crippen molar-refractivity contribution in [3.05, 3.63) is 29.8 Å². The first-order valence-electron chi connectivity index (χ1n) is 9.71. The van der Waals surface area contributed by atoms with E-state index in [2.05, 4.69) is 11.6 Å². The van der Waals surface area contributed by atoms with E-state index in [1.165, 1.54) is 0 Å². The van der Waals surface area contributed by atoms with E-state index >= 15 is 0 Å². The predicted octanol–water partition coefficient (Wildman–Crippen LogP) is 3.83. The summed E-state index contributed by atoms with van der Waals surface area (Å²) in [5.74, 6) is -0.667. The van der Waals surface area contributed by atoms with Gasteiger partial charge in [-0.3, -0.25) is 4.79 Å². The Kier molecular flexibility index (Phi) is 8.65. The molecule has 1 atom stereocenters. The topological polar surface area (TPSA) is 81.7 Å². The van der Waals surface area contributed by atoms with Gasteiger partial charge in [0.05, 0.1) is 17.1 Å². The minimum Gasteiger partial charge on any atom is -0.459 e. The Hall–Kier alpha value is -1.44. The number of hydrogen-bond donors (Lipinski definition) is 1. The van der Waals surface area contributed by atoms with Crippen LogP contribution in [-0.2, 0) is 30.7 Å². The number of carbonyl (C=O) groups excluding carboxylic acids is 1. The molecule has 0 heterocycles. The van der Waals surface area contributed by atoms with E-state index in [9.17, 15) is 13.2 Å². The lowest BCUT2D eigenvalue weighted by Crippen LogP contribution is -2.48. The zero-order valence-electron chi connectivity index (χ0n) is 18.2. The van der Waals surface area contributed by atoms with Gasteiger partial charge in [0.2, 0.25) is 10.0 Å². The zero-order valence-corrected chi connectivity index (χ0v) is 19.0. The van der Waals surface area contributed by atoms with Gasteiger partial charge in [-0.25, -0.2) is 8.42 Å². The lowest BCUT2D eigenvalue weighted by molar-refractivity contribution is -0.159. The molecule has 1 aromatic carbocycles. The Balaban J connectivity index is 2.98. The van der Waals surface area contributed by atoms with Crippen LogP contribution in [0.15, 0.2) is 29.2 Å². The molecule has 1 unspecified atom stereocenters. The summed E-state index contributed by atoms with van der Waals surface area (Å²) in [5, 5.41) is 0. The molecular weight excluding hydrogens is 378 g/mol. The maximum absolute atomic E-state index is 12.8. The van der Waals surface area contributed by atoms with Crippen molar-refractivity contribution in [3.8, 4) is 0 Å². The molecule has 0 spiro atoms. The van der Waals surface area contributed by atoms with Crippen LogP contribution in [0, 0.1) is 0 Å². The fourth-order valence-corrected chi connectivity index (χ4v) is 3.50. The molecule has 0 aliphatic heterocycles. The molecule has 0 aliphatic carbocycles. The monoisotopic (exact) mass is 413 g/mol. The number of rotatable bonds is 9. The summed E-state index contributed by atoms with van der Waals surface area (Å²) in [6, 6.07) is 5.59. The minimum absolute atomic E-state index is 0.108. The van der Waals surface area contributed by atoms with E-state index in [1.54, 1.807) is 45.0 Å². The molecule has 1 aromatic rings. The van der Waals surface area contributed by atoms with Crippen LogP contribution >= 0.6 is 0 Å². The van der Waals surface area contributed by atoms with Crippen molar-refractivity contribution in [2.45, 2.75) is 89.9 Å². The van der Waals surface area contributed by atoms with Crippen LogP contribution in [0.3, 0.4) is 0 Å². The zero-order chi connectivity index (χ0) is 21.6. The van der Waals surface area contributed by atoms with Gasteiger partial charge < -0.3 is 9.47 Å². The number of aryl methyl sites for hydroxylation is 1. The number of sulfonamides is 1. The molecule has 1 N–H and O–H groups in total. The number of esters is 1. The number of nitrogens with one attached hydrogen (secondary N) is 1. The van der Waals surface area contributed by atoms with Gasteiger partial charge in [0.25, 0.3) is 0 Å². The Morgan fingerprint density at radius 2 is 1.61 bits per heavy atom. The van der Waals surface area contributed by atoms with E-state index in [1.807, 2.05) is 20.8 Å². The molecular formula is C21H35NO5S. The summed E-state index contributed by atoms with van der Waals surface area (Å²) in [5.41, 5.74) is -0.170. The number of carbonyl (C=O) groups is 1. The molecule has 160 valence electrons. The van der Waals surface area contributed by atoms with E-state index in [-0.39, 0.29) is 11.5 Å². The lowest BCUT2D eigenvalue weighted by atomic mass is 10.1. The van der Waals surface area contributed by atoms with Gasteiger partial charge in [0, 0.05) is 0 Å². The van der Waals surface area contributed by atoms with Crippen molar-refractivity contribution in [1.29, 1.82) is 0 Å². The molecule has 7 heteroatoms. The summed E-state index contributed by atoms with van der Waals surface area (Å²) in [4.78, 5) is 12.6. The predicted molar refractivity (Wildman–Crippen MR) is 111 cm³/mol. The average molecular weight is 414 g/mol. The highest BCUT2D eigenvalue weighted by Crippen LogP contribution is 2.16. The summed E-state index contributed by atoms with van der Waals surface area (Å²) in [6.45, 7) is 12.7. The first-order valence-corrected chi connectivity index (χ1v) is 11.2. The smallest absolute Gasteiger partial charge is 0.327 e. The van der Waals surface area contributed by atoms with E-state index in [0.29, 0.717) is 0 Å². The summed E-state index contributed by atoms with van der Waals surface area (Å²) < 4.78 is 39.0. The lowest BCUT2D eigenvalue weighted by Gasteiger charge is -2.27. The van der Waals surface area contributed by atoms with Gasteiger partial charge in [-0.15, -0.1) is 0 Å². The molecule has 0 fully saturated rings. The van der Waals surface area contributed by atoms with Gasteiger partial charge in [0.1, 0.15) is 11.6 Å². The maximum Gasteiger partial charge on any atom is 0.327 e. The molecule has 0 aromatic heterocycles. The third-order valence-corrected chi connectivity index (χ3v) is 5.21. The van der Waals surface area contributed by atoms with E-state index in [0.717, 1.165) is 24.8 Å². The van der Waals surface area contributed by atoms with Crippen LogP contribution in [0.2, 0.25) is 0 Å². The van der Waals surface area contributed by atoms with Crippen molar-refractivity contribution in [3.63, 3.8) is 0 Å². The van der Waals surface area contributed by atoms with Gasteiger partial charge in [-0.2, -0.15) is 4.72 Å². The van der Waals surface area contributed by atoms with Gasteiger partial charge in [0.15, 0.2) is 0 Å². The Bertz CT molecular complexity index is 728. The van der Waals surface area contributed by atoms with Crippen molar-refractivity contribution in [1.82, 2.24) is 4.72 Å². The largest absolute Gasteiger partial charge is 0.459 e. The van der Waals surface area contributed by atoms with Crippen LogP contribution in [0.4, 0.5) is 0 Å². The first-order chi connectivity index (χ1) is 12.7. The van der Waals surface area contributed by atoms with Crippen LogP contribution in [0.5, 0.6) is 0 Å². The molecule has 1 rings (SSSR count). The molecule has 0 aliphatic rings. The number of unbranched alkanes of at least 4 members (excludes halogenated alkanes) is 1. The molecule has 0 radical (unpaired) electrons. The van der Waals surface area contributed by atoms with E-state index in [4.69, 9.17) is 9.47 Å². The Morgan fingerprint density at radius 3 is 2.07 bits per heavy atom. The third kappa shape index (κ3) is 9.17. The Morgan fingerprint density at radius 1 is 1.04 bits per heavy atom. The molecule has 6 nitrogen and oxygen atoms in total. The molecule has 0 bridgehead atoms. The highest BCUT2D eigenvalue weighted by Gasteiger charge is 2.31. The van der Waals surface area contributed by atoms with Gasteiger partial charge in [-0.1, -0.05) is 25.5 Å². The van der Waals surface area contributed by atoms with E-state index < -0.39 is 33.2 Å².